The van der Waals surface area contributed by atoms with Crippen LogP contribution in [0.4, 0.5) is 0 Å². The van der Waals surface area contributed by atoms with Crippen molar-refractivity contribution in [1.29, 1.82) is 0 Å². The number of aromatic nitrogens is 3. The average molecular weight is 830 g/mol. The number of hydrogen-bond acceptors (Lipinski definition) is 5. The first-order valence-electron chi connectivity index (χ1n) is 22.0. The van der Waals surface area contributed by atoms with Crippen molar-refractivity contribution in [2.24, 2.45) is 0 Å². The lowest BCUT2D eigenvalue weighted by molar-refractivity contribution is 0.437. The first kappa shape index (κ1) is 35.9. The van der Waals surface area contributed by atoms with Gasteiger partial charge in [0, 0.05) is 54.9 Å². The van der Waals surface area contributed by atoms with Crippen LogP contribution in [0.2, 0.25) is 0 Å². The maximum absolute atomic E-state index is 7.01. The van der Waals surface area contributed by atoms with Gasteiger partial charge in [-0.1, -0.05) is 164 Å². The topological polar surface area (TPSA) is 61.0 Å². The second-order valence-electron chi connectivity index (χ2n) is 17.0. The van der Waals surface area contributed by atoms with E-state index in [0.717, 1.165) is 106 Å². The van der Waals surface area contributed by atoms with Crippen LogP contribution in [0.15, 0.2) is 217 Å². The molecule has 0 saturated carbocycles. The molecule has 12 aromatic rings. The second kappa shape index (κ2) is 13.7. The van der Waals surface area contributed by atoms with E-state index in [1.54, 1.807) is 0 Å². The van der Waals surface area contributed by atoms with Gasteiger partial charge in [0.2, 0.25) is 0 Å². The van der Waals surface area contributed by atoms with E-state index in [9.17, 15) is 0 Å². The van der Waals surface area contributed by atoms with Crippen LogP contribution in [-0.2, 0) is 5.41 Å². The quantitative estimate of drug-likeness (QED) is 0.165. The molecule has 1 aliphatic carbocycles. The molecule has 0 radical (unpaired) electrons. The number of hydrogen-bond donors (Lipinski definition) is 0. The summed E-state index contributed by atoms with van der Waals surface area (Å²) in [7, 11) is 0. The largest absolute Gasteiger partial charge is 0.457 e. The van der Waals surface area contributed by atoms with Crippen molar-refractivity contribution < 1.29 is 9.15 Å². The molecule has 3 aromatic heterocycles. The summed E-state index contributed by atoms with van der Waals surface area (Å²) in [6.45, 7) is 0. The third-order valence-electron chi connectivity index (χ3n) is 13.5. The highest BCUT2D eigenvalue weighted by molar-refractivity contribution is 6.13. The van der Waals surface area contributed by atoms with E-state index in [1.165, 1.54) is 22.3 Å². The molecule has 0 amide bonds. The molecule has 5 heteroatoms. The summed E-state index contributed by atoms with van der Waals surface area (Å²) >= 11 is 0. The minimum absolute atomic E-state index is 0.616. The van der Waals surface area contributed by atoms with Gasteiger partial charge in [-0.2, -0.15) is 0 Å². The van der Waals surface area contributed by atoms with Crippen LogP contribution < -0.4 is 4.74 Å². The van der Waals surface area contributed by atoms with Crippen LogP contribution in [0.3, 0.4) is 0 Å². The van der Waals surface area contributed by atoms with Crippen LogP contribution in [0.25, 0.3) is 99.9 Å². The van der Waals surface area contributed by atoms with Gasteiger partial charge in [0.15, 0.2) is 5.82 Å². The highest BCUT2D eigenvalue weighted by Gasteiger charge is 2.51. The summed E-state index contributed by atoms with van der Waals surface area (Å²) in [6.07, 6.45) is 0. The van der Waals surface area contributed by atoms with Gasteiger partial charge in [-0.25, -0.2) is 15.0 Å². The van der Waals surface area contributed by atoms with Crippen molar-refractivity contribution >= 4 is 43.6 Å². The summed E-state index contributed by atoms with van der Waals surface area (Å²) in [4.78, 5) is 16.0. The lowest BCUT2D eigenvalue weighted by atomic mass is 9.65. The Kier molecular flexibility index (Phi) is 7.54. The van der Waals surface area contributed by atoms with E-state index in [2.05, 4.69) is 176 Å². The number of pyridine rings is 1. The first-order valence-corrected chi connectivity index (χ1v) is 22.0. The van der Waals surface area contributed by atoms with Crippen molar-refractivity contribution in [3.05, 3.63) is 235 Å². The number of benzene rings is 9. The highest BCUT2D eigenvalue weighted by Crippen LogP contribution is 2.62. The molecule has 302 valence electrons. The molecule has 0 fully saturated rings. The Labute approximate surface area is 373 Å². The number of para-hydroxylation sites is 3. The molecular formula is C60H35N3O2. The summed E-state index contributed by atoms with van der Waals surface area (Å²) in [5.74, 6) is 2.32. The molecule has 0 bridgehead atoms. The lowest BCUT2D eigenvalue weighted by Crippen LogP contribution is -2.32. The van der Waals surface area contributed by atoms with Crippen molar-refractivity contribution in [3.8, 4) is 67.8 Å². The number of ether oxygens (including phenoxy) is 1. The SMILES string of the molecule is c1ccc(-c2nc(-c3ccc4nc(-c5ccccc5)c5cc6c(cc5c4c3)C3(c4ccccc4O6)c4ccccc4-c4ccccc43)cc(-c3cccc4c3oc3ccccc34)n2)cc1. The van der Waals surface area contributed by atoms with E-state index >= 15 is 0 Å². The predicted molar refractivity (Wildman–Crippen MR) is 261 cm³/mol. The zero-order valence-corrected chi connectivity index (χ0v) is 34.9. The van der Waals surface area contributed by atoms with Crippen LogP contribution in [0.1, 0.15) is 22.3 Å². The lowest BCUT2D eigenvalue weighted by Gasteiger charge is -2.39. The molecule has 65 heavy (non-hydrogen) atoms. The van der Waals surface area contributed by atoms with E-state index in [-0.39, 0.29) is 0 Å². The molecule has 0 unspecified atom stereocenters. The Morgan fingerprint density at radius 3 is 1.80 bits per heavy atom. The molecule has 2 aliphatic rings. The molecule has 1 spiro atoms. The predicted octanol–water partition coefficient (Wildman–Crippen LogP) is 15.2. The van der Waals surface area contributed by atoms with Crippen molar-refractivity contribution in [2.75, 3.05) is 0 Å². The summed E-state index contributed by atoms with van der Waals surface area (Å²) in [5, 5.41) is 5.25. The minimum Gasteiger partial charge on any atom is -0.457 e. The number of nitrogens with zero attached hydrogens (tertiary/aromatic N) is 3. The molecular weight excluding hydrogens is 795 g/mol. The Morgan fingerprint density at radius 2 is 1.00 bits per heavy atom. The monoisotopic (exact) mass is 829 g/mol. The molecule has 0 atom stereocenters. The summed E-state index contributed by atoms with van der Waals surface area (Å²) in [5.41, 5.74) is 15.5. The van der Waals surface area contributed by atoms with Gasteiger partial charge < -0.3 is 9.15 Å². The van der Waals surface area contributed by atoms with E-state index < -0.39 is 5.41 Å². The molecule has 0 saturated heterocycles. The van der Waals surface area contributed by atoms with Crippen molar-refractivity contribution in [2.45, 2.75) is 5.41 Å². The van der Waals surface area contributed by atoms with E-state index in [1.807, 2.05) is 36.4 Å². The Bertz CT molecular complexity index is 3890. The standard InChI is InChI=1S/C60H35N3O2/c1-3-16-36(17-4-1)57-46-34-56-50(60(49-27-12-14-29-55(49)64-56)47-25-10-7-20-39(47)40-21-8-11-26-48(40)60)33-44(46)45-32-38(30-31-51(45)61-57)52-35-53(63-59(62-52)37-18-5-2-6-19-37)43-24-15-23-42-41-22-9-13-28-54(41)65-58(42)43/h1-35H. The molecule has 5 nitrogen and oxygen atoms in total. The van der Waals surface area contributed by atoms with Crippen LogP contribution in [-0.4, -0.2) is 15.0 Å². The smallest absolute Gasteiger partial charge is 0.160 e. The zero-order valence-electron chi connectivity index (χ0n) is 34.9. The van der Waals surface area contributed by atoms with Gasteiger partial charge in [0.05, 0.1) is 28.0 Å². The fourth-order valence-corrected chi connectivity index (χ4v) is 10.7. The minimum atomic E-state index is -0.616. The molecule has 9 aromatic carbocycles. The normalized spacial score (nSPS) is 13.2. The van der Waals surface area contributed by atoms with Crippen LogP contribution >= 0.6 is 0 Å². The summed E-state index contributed by atoms with van der Waals surface area (Å²) in [6, 6.07) is 74.7. The van der Waals surface area contributed by atoms with Gasteiger partial charge >= 0.3 is 0 Å². The second-order valence-corrected chi connectivity index (χ2v) is 17.0. The van der Waals surface area contributed by atoms with Gasteiger partial charge in [-0.3, -0.25) is 0 Å². The average Bonchev–Trinajstić information content (AvgIpc) is 3.90. The van der Waals surface area contributed by atoms with Gasteiger partial charge in [0.1, 0.15) is 22.7 Å². The van der Waals surface area contributed by atoms with E-state index in [4.69, 9.17) is 24.1 Å². The first-order chi connectivity index (χ1) is 32.2. The van der Waals surface area contributed by atoms with Gasteiger partial charge in [0.25, 0.3) is 0 Å². The number of rotatable bonds is 4. The number of furan rings is 1. The highest BCUT2D eigenvalue weighted by atomic mass is 16.5. The van der Waals surface area contributed by atoms with E-state index in [0.29, 0.717) is 5.82 Å². The maximum Gasteiger partial charge on any atom is 0.160 e. The third-order valence-corrected chi connectivity index (χ3v) is 13.5. The van der Waals surface area contributed by atoms with Crippen LogP contribution in [0, 0.1) is 0 Å². The van der Waals surface area contributed by atoms with Crippen LogP contribution in [0.5, 0.6) is 11.5 Å². The molecule has 1 aliphatic heterocycles. The molecule has 4 heterocycles. The Morgan fingerprint density at radius 1 is 0.354 bits per heavy atom. The van der Waals surface area contributed by atoms with Crippen molar-refractivity contribution in [3.63, 3.8) is 0 Å². The van der Waals surface area contributed by atoms with Crippen molar-refractivity contribution in [1.82, 2.24) is 15.0 Å². The molecule has 0 N–H and O–H groups in total. The fraction of sp³-hybridized carbons (Fsp3) is 0.0167. The Balaban J connectivity index is 1.05. The van der Waals surface area contributed by atoms with Gasteiger partial charge in [-0.05, 0) is 76.2 Å². The summed E-state index contributed by atoms with van der Waals surface area (Å²) < 4.78 is 13.6. The fourth-order valence-electron chi connectivity index (χ4n) is 10.7. The Hall–Kier alpha value is -8.67. The zero-order chi connectivity index (χ0) is 42.6. The maximum atomic E-state index is 7.01. The number of fused-ring (bicyclic) bond motifs is 15. The third kappa shape index (κ3) is 5.18. The van der Waals surface area contributed by atoms with Gasteiger partial charge in [-0.15, -0.1) is 0 Å². The molecule has 14 rings (SSSR count).